The van der Waals surface area contributed by atoms with Crippen LogP contribution in [0.2, 0.25) is 0 Å². The standard InChI is InChI=1S/C11H18BrNS/c1-4-13(7-9(2)3)8-11-10(12)5-6-14-11/h5-6,9H,4,7-8H2,1-3H3. The van der Waals surface area contributed by atoms with E-state index in [9.17, 15) is 0 Å². The van der Waals surface area contributed by atoms with Crippen molar-refractivity contribution in [1.29, 1.82) is 0 Å². The summed E-state index contributed by atoms with van der Waals surface area (Å²) >= 11 is 5.41. The van der Waals surface area contributed by atoms with E-state index in [1.807, 2.05) is 11.3 Å². The lowest BCUT2D eigenvalue weighted by Crippen LogP contribution is -2.26. The van der Waals surface area contributed by atoms with Gasteiger partial charge in [-0.05, 0) is 39.8 Å². The number of hydrogen-bond donors (Lipinski definition) is 0. The van der Waals surface area contributed by atoms with Crippen LogP contribution in [-0.4, -0.2) is 18.0 Å². The molecule has 0 aromatic carbocycles. The minimum absolute atomic E-state index is 0.744. The third kappa shape index (κ3) is 3.71. The molecule has 0 aliphatic heterocycles. The lowest BCUT2D eigenvalue weighted by molar-refractivity contribution is 0.250. The summed E-state index contributed by atoms with van der Waals surface area (Å²) in [5.74, 6) is 0.744. The molecule has 1 aromatic rings. The van der Waals surface area contributed by atoms with Gasteiger partial charge in [0.05, 0.1) is 0 Å². The van der Waals surface area contributed by atoms with Crippen molar-refractivity contribution in [2.45, 2.75) is 27.3 Å². The molecular formula is C11H18BrNS. The molecule has 1 aromatic heterocycles. The van der Waals surface area contributed by atoms with Crippen molar-refractivity contribution in [2.24, 2.45) is 5.92 Å². The minimum Gasteiger partial charge on any atom is -0.298 e. The Bertz CT molecular complexity index is 270. The predicted octanol–water partition coefficient (Wildman–Crippen LogP) is 3.99. The summed E-state index contributed by atoms with van der Waals surface area (Å²) in [7, 11) is 0. The Balaban J connectivity index is 2.52. The first-order chi connectivity index (χ1) is 6.63. The second-order valence-electron chi connectivity index (χ2n) is 3.91. The van der Waals surface area contributed by atoms with Crippen LogP contribution in [0.5, 0.6) is 0 Å². The van der Waals surface area contributed by atoms with E-state index in [0.29, 0.717) is 0 Å². The Morgan fingerprint density at radius 1 is 1.50 bits per heavy atom. The first kappa shape index (κ1) is 12.2. The summed E-state index contributed by atoms with van der Waals surface area (Å²) in [6.45, 7) is 10.2. The van der Waals surface area contributed by atoms with Crippen molar-refractivity contribution >= 4 is 27.3 Å². The molecule has 0 bridgehead atoms. The molecule has 3 heteroatoms. The van der Waals surface area contributed by atoms with Crippen LogP contribution >= 0.6 is 27.3 Å². The molecule has 0 radical (unpaired) electrons. The smallest absolute Gasteiger partial charge is 0.0339 e. The fraction of sp³-hybridized carbons (Fsp3) is 0.636. The van der Waals surface area contributed by atoms with E-state index in [4.69, 9.17) is 0 Å². The Morgan fingerprint density at radius 2 is 2.21 bits per heavy atom. The maximum atomic E-state index is 3.57. The number of nitrogens with zero attached hydrogens (tertiary/aromatic N) is 1. The van der Waals surface area contributed by atoms with E-state index in [1.54, 1.807) is 0 Å². The number of hydrogen-bond acceptors (Lipinski definition) is 2. The van der Waals surface area contributed by atoms with Crippen LogP contribution in [0.4, 0.5) is 0 Å². The lowest BCUT2D eigenvalue weighted by Gasteiger charge is -2.21. The topological polar surface area (TPSA) is 3.24 Å². The second-order valence-corrected chi connectivity index (χ2v) is 5.77. The molecule has 14 heavy (non-hydrogen) atoms. The summed E-state index contributed by atoms with van der Waals surface area (Å²) < 4.78 is 1.25. The third-order valence-electron chi connectivity index (χ3n) is 2.13. The molecule has 0 fully saturated rings. The van der Waals surface area contributed by atoms with Gasteiger partial charge in [-0.25, -0.2) is 0 Å². The van der Waals surface area contributed by atoms with Gasteiger partial charge in [-0.3, -0.25) is 4.90 Å². The fourth-order valence-electron chi connectivity index (χ4n) is 1.46. The Morgan fingerprint density at radius 3 is 2.64 bits per heavy atom. The van der Waals surface area contributed by atoms with Crippen molar-refractivity contribution in [3.8, 4) is 0 Å². The first-order valence-electron chi connectivity index (χ1n) is 5.07. The molecule has 0 aliphatic rings. The first-order valence-corrected chi connectivity index (χ1v) is 6.75. The Hall–Kier alpha value is 0.140. The average Bonchev–Trinajstić information content (AvgIpc) is 2.50. The van der Waals surface area contributed by atoms with Crippen molar-refractivity contribution in [3.05, 3.63) is 20.8 Å². The Kier molecular flexibility index (Phi) is 5.13. The number of halogens is 1. The average molecular weight is 276 g/mol. The van der Waals surface area contributed by atoms with E-state index < -0.39 is 0 Å². The van der Waals surface area contributed by atoms with Gasteiger partial charge in [-0.2, -0.15) is 0 Å². The zero-order valence-electron chi connectivity index (χ0n) is 9.09. The van der Waals surface area contributed by atoms with Gasteiger partial charge in [0.1, 0.15) is 0 Å². The molecule has 1 nitrogen and oxygen atoms in total. The molecule has 1 heterocycles. The van der Waals surface area contributed by atoms with Crippen LogP contribution in [0.3, 0.4) is 0 Å². The molecule has 0 spiro atoms. The van der Waals surface area contributed by atoms with E-state index in [1.165, 1.54) is 15.9 Å². The van der Waals surface area contributed by atoms with Gasteiger partial charge >= 0.3 is 0 Å². The fourth-order valence-corrected chi connectivity index (χ4v) is 2.98. The normalized spacial score (nSPS) is 11.6. The molecule has 0 amide bonds. The number of rotatable bonds is 5. The summed E-state index contributed by atoms with van der Waals surface area (Å²) in [5, 5.41) is 2.14. The molecule has 1 rings (SSSR count). The van der Waals surface area contributed by atoms with Crippen molar-refractivity contribution in [3.63, 3.8) is 0 Å². The van der Waals surface area contributed by atoms with Crippen LogP contribution in [0, 0.1) is 5.92 Å². The SMILES string of the molecule is CCN(Cc1sccc1Br)CC(C)C. The molecule has 0 aliphatic carbocycles. The maximum Gasteiger partial charge on any atom is 0.0339 e. The minimum atomic E-state index is 0.744. The van der Waals surface area contributed by atoms with Gasteiger partial charge in [-0.1, -0.05) is 20.8 Å². The highest BCUT2D eigenvalue weighted by molar-refractivity contribution is 9.10. The quantitative estimate of drug-likeness (QED) is 0.786. The van der Waals surface area contributed by atoms with Crippen molar-refractivity contribution < 1.29 is 0 Å². The Labute approximate surface area is 99.3 Å². The van der Waals surface area contributed by atoms with Crippen LogP contribution in [0.1, 0.15) is 25.6 Å². The zero-order valence-corrected chi connectivity index (χ0v) is 11.5. The monoisotopic (exact) mass is 275 g/mol. The van der Waals surface area contributed by atoms with Gasteiger partial charge in [-0.15, -0.1) is 11.3 Å². The molecule has 0 N–H and O–H groups in total. The molecule has 0 atom stereocenters. The summed E-state index contributed by atoms with van der Waals surface area (Å²) in [6, 6.07) is 2.13. The summed E-state index contributed by atoms with van der Waals surface area (Å²) in [4.78, 5) is 3.92. The molecule has 80 valence electrons. The predicted molar refractivity (Wildman–Crippen MR) is 67.8 cm³/mol. The second kappa shape index (κ2) is 5.89. The molecule has 0 saturated carbocycles. The van der Waals surface area contributed by atoms with Crippen LogP contribution < -0.4 is 0 Å². The van der Waals surface area contributed by atoms with Gasteiger partial charge in [0.2, 0.25) is 0 Å². The summed E-state index contributed by atoms with van der Waals surface area (Å²) in [6.07, 6.45) is 0. The number of thiophene rings is 1. The maximum absolute atomic E-state index is 3.57. The highest BCUT2D eigenvalue weighted by Gasteiger charge is 2.08. The van der Waals surface area contributed by atoms with Gasteiger partial charge in [0.25, 0.3) is 0 Å². The highest BCUT2D eigenvalue weighted by atomic mass is 79.9. The van der Waals surface area contributed by atoms with Crippen LogP contribution in [-0.2, 0) is 6.54 Å². The van der Waals surface area contributed by atoms with E-state index in [0.717, 1.165) is 19.0 Å². The zero-order chi connectivity index (χ0) is 10.6. The van der Waals surface area contributed by atoms with Crippen LogP contribution in [0.15, 0.2) is 15.9 Å². The third-order valence-corrected chi connectivity index (χ3v) is 4.04. The van der Waals surface area contributed by atoms with E-state index in [2.05, 4.69) is 53.0 Å². The summed E-state index contributed by atoms with van der Waals surface area (Å²) in [5.41, 5.74) is 0. The molecular weight excluding hydrogens is 258 g/mol. The van der Waals surface area contributed by atoms with Gasteiger partial charge in [0.15, 0.2) is 0 Å². The largest absolute Gasteiger partial charge is 0.298 e. The van der Waals surface area contributed by atoms with Crippen molar-refractivity contribution in [2.75, 3.05) is 13.1 Å². The van der Waals surface area contributed by atoms with E-state index in [-0.39, 0.29) is 0 Å². The van der Waals surface area contributed by atoms with Gasteiger partial charge in [0, 0.05) is 22.4 Å². The molecule has 0 unspecified atom stereocenters. The van der Waals surface area contributed by atoms with E-state index >= 15 is 0 Å². The molecule has 0 saturated heterocycles. The van der Waals surface area contributed by atoms with Gasteiger partial charge < -0.3 is 0 Å². The van der Waals surface area contributed by atoms with Crippen LogP contribution in [0.25, 0.3) is 0 Å². The van der Waals surface area contributed by atoms with Crippen molar-refractivity contribution in [1.82, 2.24) is 4.90 Å². The lowest BCUT2D eigenvalue weighted by atomic mass is 10.2. The highest BCUT2D eigenvalue weighted by Crippen LogP contribution is 2.24.